The summed E-state index contributed by atoms with van der Waals surface area (Å²) in [4.78, 5) is 20.4. The lowest BCUT2D eigenvalue weighted by Crippen LogP contribution is -2.28. The van der Waals surface area contributed by atoms with Gasteiger partial charge < -0.3 is 10.8 Å². The Bertz CT molecular complexity index is 145. The fourth-order valence-electron chi connectivity index (χ4n) is 0.482. The summed E-state index contributed by atoms with van der Waals surface area (Å²) < 4.78 is 0. The van der Waals surface area contributed by atoms with Crippen LogP contribution in [0.15, 0.2) is 0 Å². The fraction of sp³-hybridized carbons (Fsp3) is 0.750. The van der Waals surface area contributed by atoms with E-state index in [-0.39, 0.29) is 18.6 Å². The van der Waals surface area contributed by atoms with Gasteiger partial charge in [-0.3, -0.25) is 9.59 Å². The molecular formula is C8H17NO3. The Labute approximate surface area is 72.8 Å². The summed E-state index contributed by atoms with van der Waals surface area (Å²) in [5.41, 5.74) is 5.25. The minimum atomic E-state index is -0.920. The van der Waals surface area contributed by atoms with Gasteiger partial charge in [0.05, 0.1) is 6.04 Å². The van der Waals surface area contributed by atoms with Crippen LogP contribution in [0, 0.1) is 0 Å². The second kappa shape index (κ2) is 8.20. The molecule has 0 bridgehead atoms. The van der Waals surface area contributed by atoms with Crippen LogP contribution in [0.4, 0.5) is 0 Å². The van der Waals surface area contributed by atoms with Crippen molar-refractivity contribution in [2.24, 2.45) is 5.73 Å². The molecule has 0 fully saturated rings. The number of carboxylic acid groups (broad SMARTS) is 1. The summed E-state index contributed by atoms with van der Waals surface area (Å²) in [7, 11) is 0. The second-order valence-corrected chi connectivity index (χ2v) is 2.15. The summed E-state index contributed by atoms with van der Waals surface area (Å²) in [6.45, 7) is 5.35. The largest absolute Gasteiger partial charge is 0.481 e. The molecular weight excluding hydrogens is 158 g/mol. The van der Waals surface area contributed by atoms with Crippen molar-refractivity contribution in [3.8, 4) is 0 Å². The Morgan fingerprint density at radius 1 is 1.42 bits per heavy atom. The van der Waals surface area contributed by atoms with Crippen molar-refractivity contribution in [2.75, 3.05) is 0 Å². The maximum Gasteiger partial charge on any atom is 0.303 e. The lowest BCUT2D eigenvalue weighted by atomic mass is 10.1. The van der Waals surface area contributed by atoms with E-state index in [2.05, 4.69) is 0 Å². The average Bonchev–Trinajstić information content (AvgIpc) is 2.03. The number of ketones is 1. The van der Waals surface area contributed by atoms with E-state index in [1.807, 2.05) is 13.8 Å². The summed E-state index contributed by atoms with van der Waals surface area (Å²) in [6.07, 6.45) is 0.186. The van der Waals surface area contributed by atoms with E-state index in [0.29, 0.717) is 0 Å². The van der Waals surface area contributed by atoms with Crippen LogP contribution in [-0.4, -0.2) is 22.9 Å². The van der Waals surface area contributed by atoms with Crippen LogP contribution in [0.5, 0.6) is 0 Å². The van der Waals surface area contributed by atoms with Gasteiger partial charge >= 0.3 is 5.97 Å². The van der Waals surface area contributed by atoms with Crippen molar-refractivity contribution in [2.45, 2.75) is 39.7 Å². The predicted octanol–water partition coefficient (Wildman–Crippen LogP) is 0.794. The molecule has 0 radical (unpaired) electrons. The van der Waals surface area contributed by atoms with Crippen molar-refractivity contribution in [1.29, 1.82) is 0 Å². The van der Waals surface area contributed by atoms with Crippen LogP contribution in [0.1, 0.15) is 33.6 Å². The first-order valence-electron chi connectivity index (χ1n) is 4.02. The summed E-state index contributed by atoms with van der Waals surface area (Å²) >= 11 is 0. The highest BCUT2D eigenvalue weighted by Gasteiger charge is 2.09. The second-order valence-electron chi connectivity index (χ2n) is 2.15. The minimum Gasteiger partial charge on any atom is -0.481 e. The van der Waals surface area contributed by atoms with E-state index in [1.165, 1.54) is 6.92 Å². The molecule has 1 atom stereocenters. The highest BCUT2D eigenvalue weighted by Crippen LogP contribution is 1.94. The number of Topliss-reactive ketones (excluding diaryl/α,β-unsaturated/α-hetero) is 1. The van der Waals surface area contributed by atoms with Gasteiger partial charge in [-0.15, -0.1) is 0 Å². The molecule has 0 saturated heterocycles. The van der Waals surface area contributed by atoms with Crippen molar-refractivity contribution in [1.82, 2.24) is 0 Å². The molecule has 0 saturated carbocycles. The molecule has 0 aliphatic heterocycles. The molecule has 0 unspecified atom stereocenters. The Morgan fingerprint density at radius 2 is 1.83 bits per heavy atom. The van der Waals surface area contributed by atoms with Gasteiger partial charge in [-0.25, -0.2) is 0 Å². The topological polar surface area (TPSA) is 80.4 Å². The maximum absolute atomic E-state index is 10.4. The number of carboxylic acids is 1. The van der Waals surface area contributed by atoms with E-state index in [1.54, 1.807) is 0 Å². The van der Waals surface area contributed by atoms with Gasteiger partial charge in [-0.2, -0.15) is 0 Å². The first-order chi connectivity index (χ1) is 5.54. The fourth-order valence-corrected chi connectivity index (χ4v) is 0.482. The monoisotopic (exact) mass is 175 g/mol. The normalized spacial score (nSPS) is 11.0. The molecule has 0 aliphatic carbocycles. The van der Waals surface area contributed by atoms with Gasteiger partial charge in [0.25, 0.3) is 0 Å². The average molecular weight is 175 g/mol. The minimum absolute atomic E-state index is 0.0409. The van der Waals surface area contributed by atoms with E-state index < -0.39 is 12.0 Å². The number of carbonyl (C=O) groups is 2. The van der Waals surface area contributed by atoms with Crippen LogP contribution in [0.25, 0.3) is 0 Å². The van der Waals surface area contributed by atoms with Gasteiger partial charge in [-0.05, 0) is 13.3 Å². The van der Waals surface area contributed by atoms with Crippen LogP contribution in [-0.2, 0) is 9.59 Å². The van der Waals surface area contributed by atoms with Gasteiger partial charge in [0.2, 0.25) is 0 Å². The number of rotatable bonds is 4. The molecule has 3 N–H and O–H groups in total. The van der Waals surface area contributed by atoms with Gasteiger partial charge in [0, 0.05) is 6.42 Å². The van der Waals surface area contributed by atoms with Crippen molar-refractivity contribution >= 4 is 11.8 Å². The number of carbonyl (C=O) groups excluding carboxylic acids is 1. The first-order valence-corrected chi connectivity index (χ1v) is 4.02. The van der Waals surface area contributed by atoms with Gasteiger partial charge in [0.1, 0.15) is 5.78 Å². The zero-order chi connectivity index (χ0) is 10.1. The summed E-state index contributed by atoms with van der Waals surface area (Å²) in [5.74, 6) is -1.09. The third-order valence-electron chi connectivity index (χ3n) is 1.19. The molecule has 0 rings (SSSR count). The van der Waals surface area contributed by atoms with Gasteiger partial charge in [0.15, 0.2) is 0 Å². The summed E-state index contributed by atoms with van der Waals surface area (Å²) in [6, 6.07) is -0.615. The Morgan fingerprint density at radius 3 is 2.08 bits per heavy atom. The number of nitrogens with two attached hydrogens (primary N) is 1. The Balaban J connectivity index is 0. The Kier molecular flexibility index (Phi) is 9.34. The van der Waals surface area contributed by atoms with E-state index >= 15 is 0 Å². The smallest absolute Gasteiger partial charge is 0.303 e. The molecule has 0 heterocycles. The van der Waals surface area contributed by atoms with E-state index in [0.717, 1.165) is 0 Å². The number of hydrogen-bond donors (Lipinski definition) is 2. The zero-order valence-corrected chi connectivity index (χ0v) is 7.83. The quantitative estimate of drug-likeness (QED) is 0.662. The predicted molar refractivity (Wildman–Crippen MR) is 46.9 cm³/mol. The lowest BCUT2D eigenvalue weighted by molar-refractivity contribution is -0.137. The van der Waals surface area contributed by atoms with E-state index in [4.69, 9.17) is 10.8 Å². The molecule has 0 aromatic rings. The van der Waals surface area contributed by atoms with Crippen LogP contribution >= 0.6 is 0 Å². The van der Waals surface area contributed by atoms with Crippen LogP contribution < -0.4 is 5.73 Å². The van der Waals surface area contributed by atoms with E-state index in [9.17, 15) is 9.59 Å². The van der Waals surface area contributed by atoms with Crippen molar-refractivity contribution in [3.63, 3.8) is 0 Å². The molecule has 4 nitrogen and oxygen atoms in total. The maximum atomic E-state index is 10.4. The zero-order valence-electron chi connectivity index (χ0n) is 7.83. The molecule has 4 heteroatoms. The van der Waals surface area contributed by atoms with Crippen molar-refractivity contribution in [3.05, 3.63) is 0 Å². The molecule has 72 valence electrons. The number of hydrogen-bond acceptors (Lipinski definition) is 3. The third kappa shape index (κ3) is 9.10. The number of aliphatic carboxylic acids is 1. The third-order valence-corrected chi connectivity index (χ3v) is 1.19. The van der Waals surface area contributed by atoms with Gasteiger partial charge in [-0.1, -0.05) is 13.8 Å². The van der Waals surface area contributed by atoms with Crippen LogP contribution in [0.2, 0.25) is 0 Å². The standard InChI is InChI=1S/C6H11NO3.C2H6/c1-4(8)5(7)2-3-6(9)10;1-2/h5H,2-3,7H2,1H3,(H,9,10);1-2H3/t5-;/m0./s1. The lowest BCUT2D eigenvalue weighted by Gasteiger charge is -2.03. The van der Waals surface area contributed by atoms with Crippen molar-refractivity contribution < 1.29 is 14.7 Å². The molecule has 0 aromatic carbocycles. The molecule has 0 amide bonds. The molecule has 0 aromatic heterocycles. The Hall–Kier alpha value is -0.900. The molecule has 0 spiro atoms. The highest BCUT2D eigenvalue weighted by atomic mass is 16.4. The molecule has 0 aliphatic rings. The first kappa shape index (κ1) is 13.7. The summed E-state index contributed by atoms with van der Waals surface area (Å²) in [5, 5.41) is 8.18. The SMILES string of the molecule is CC.CC(=O)[C@@H](N)CCC(=O)O. The molecule has 12 heavy (non-hydrogen) atoms. The highest BCUT2D eigenvalue weighted by molar-refractivity contribution is 5.81. The van der Waals surface area contributed by atoms with Crippen LogP contribution in [0.3, 0.4) is 0 Å².